The summed E-state index contributed by atoms with van der Waals surface area (Å²) < 4.78 is 0. The van der Waals surface area contributed by atoms with Crippen LogP contribution in [-0.2, 0) is 6.54 Å². The standard InChI is InChI=1S/C16H19N5/c1-21-9-5-8-17-16(21)20-12-15-18-10-14(11-19-15)13-6-3-2-4-7-13/h2-4,6-7,10-11H,5,8-9,12H2,1H3,(H,17,20). The van der Waals surface area contributed by atoms with Crippen molar-refractivity contribution in [2.45, 2.75) is 13.0 Å². The highest BCUT2D eigenvalue weighted by molar-refractivity contribution is 5.80. The number of aliphatic imine (C=N–C) groups is 1. The number of benzene rings is 1. The van der Waals surface area contributed by atoms with Gasteiger partial charge in [0.15, 0.2) is 5.96 Å². The second-order valence-electron chi connectivity index (χ2n) is 5.09. The molecule has 2 aromatic rings. The molecular weight excluding hydrogens is 262 g/mol. The fourth-order valence-corrected chi connectivity index (χ4v) is 2.29. The predicted octanol–water partition coefficient (Wildman–Crippen LogP) is 1.92. The lowest BCUT2D eigenvalue weighted by Crippen LogP contribution is -2.42. The monoisotopic (exact) mass is 281 g/mol. The van der Waals surface area contributed by atoms with E-state index in [2.05, 4.69) is 37.3 Å². The number of rotatable bonds is 3. The molecule has 1 N–H and O–H groups in total. The average molecular weight is 281 g/mol. The quantitative estimate of drug-likeness (QED) is 0.934. The minimum atomic E-state index is 0.595. The molecule has 0 amide bonds. The van der Waals surface area contributed by atoms with Gasteiger partial charge < -0.3 is 10.2 Å². The number of hydrogen-bond acceptors (Lipinski definition) is 5. The lowest BCUT2D eigenvalue weighted by molar-refractivity contribution is 0.445. The van der Waals surface area contributed by atoms with Gasteiger partial charge in [-0.25, -0.2) is 9.97 Å². The average Bonchev–Trinajstić information content (AvgIpc) is 2.55. The minimum absolute atomic E-state index is 0.595. The second kappa shape index (κ2) is 6.35. The Morgan fingerprint density at radius 1 is 1.10 bits per heavy atom. The molecule has 0 fully saturated rings. The van der Waals surface area contributed by atoms with E-state index in [1.54, 1.807) is 0 Å². The third-order valence-electron chi connectivity index (χ3n) is 3.49. The molecule has 0 saturated carbocycles. The van der Waals surface area contributed by atoms with Crippen LogP contribution < -0.4 is 5.32 Å². The topological polar surface area (TPSA) is 53.4 Å². The van der Waals surface area contributed by atoms with Crippen LogP contribution in [0.15, 0.2) is 47.7 Å². The van der Waals surface area contributed by atoms with E-state index in [9.17, 15) is 0 Å². The second-order valence-corrected chi connectivity index (χ2v) is 5.09. The van der Waals surface area contributed by atoms with Gasteiger partial charge in [-0.2, -0.15) is 0 Å². The van der Waals surface area contributed by atoms with E-state index >= 15 is 0 Å². The molecule has 0 bridgehead atoms. The predicted molar refractivity (Wildman–Crippen MR) is 83.9 cm³/mol. The first-order chi connectivity index (χ1) is 10.3. The summed E-state index contributed by atoms with van der Waals surface area (Å²) >= 11 is 0. The van der Waals surface area contributed by atoms with E-state index in [0.717, 1.165) is 42.4 Å². The molecule has 0 atom stereocenters. The largest absolute Gasteiger partial charge is 0.349 e. The fourth-order valence-electron chi connectivity index (χ4n) is 2.29. The first kappa shape index (κ1) is 13.5. The smallest absolute Gasteiger partial charge is 0.194 e. The van der Waals surface area contributed by atoms with Gasteiger partial charge in [0, 0.05) is 38.1 Å². The summed E-state index contributed by atoms with van der Waals surface area (Å²) in [5, 5.41) is 3.30. The van der Waals surface area contributed by atoms with Gasteiger partial charge in [0.05, 0.1) is 6.54 Å². The van der Waals surface area contributed by atoms with Crippen LogP contribution in [0, 0.1) is 0 Å². The summed E-state index contributed by atoms with van der Waals surface area (Å²) in [6.45, 7) is 2.53. The van der Waals surface area contributed by atoms with Crippen molar-refractivity contribution in [3.05, 3.63) is 48.5 Å². The zero-order valence-electron chi connectivity index (χ0n) is 12.2. The van der Waals surface area contributed by atoms with Crippen molar-refractivity contribution < 1.29 is 0 Å². The van der Waals surface area contributed by atoms with E-state index in [4.69, 9.17) is 0 Å². The third-order valence-corrected chi connectivity index (χ3v) is 3.49. The summed E-state index contributed by atoms with van der Waals surface area (Å²) in [5.74, 6) is 1.70. The molecule has 0 spiro atoms. The van der Waals surface area contributed by atoms with Crippen molar-refractivity contribution >= 4 is 5.96 Å². The molecule has 108 valence electrons. The Morgan fingerprint density at radius 3 is 2.57 bits per heavy atom. The lowest BCUT2D eigenvalue weighted by atomic mass is 10.1. The molecule has 5 nitrogen and oxygen atoms in total. The summed E-state index contributed by atoms with van der Waals surface area (Å²) in [5.41, 5.74) is 2.17. The van der Waals surface area contributed by atoms with E-state index in [-0.39, 0.29) is 0 Å². The number of nitrogens with one attached hydrogen (secondary N) is 1. The Bertz CT molecular complexity index is 606. The Hall–Kier alpha value is -2.43. The summed E-state index contributed by atoms with van der Waals surface area (Å²) in [7, 11) is 2.05. The Balaban J connectivity index is 1.64. The van der Waals surface area contributed by atoms with Gasteiger partial charge in [0.1, 0.15) is 5.82 Å². The van der Waals surface area contributed by atoms with Gasteiger partial charge in [0.2, 0.25) is 0 Å². The molecule has 1 aromatic heterocycles. The van der Waals surface area contributed by atoms with Crippen molar-refractivity contribution in [3.8, 4) is 11.1 Å². The van der Waals surface area contributed by atoms with Crippen LogP contribution in [0.5, 0.6) is 0 Å². The summed E-state index contributed by atoms with van der Waals surface area (Å²) in [4.78, 5) is 15.4. The van der Waals surface area contributed by atoms with Crippen LogP contribution in [0.1, 0.15) is 12.2 Å². The van der Waals surface area contributed by atoms with Gasteiger partial charge >= 0.3 is 0 Å². The van der Waals surface area contributed by atoms with Gasteiger partial charge in [-0.05, 0) is 12.0 Å². The van der Waals surface area contributed by atoms with Gasteiger partial charge in [0.25, 0.3) is 0 Å². The SMILES string of the molecule is CN1CCCN=C1NCc1ncc(-c2ccccc2)cn1. The van der Waals surface area contributed by atoms with Gasteiger partial charge in [-0.15, -0.1) is 0 Å². The van der Waals surface area contributed by atoms with Crippen LogP contribution in [0.4, 0.5) is 0 Å². The van der Waals surface area contributed by atoms with Gasteiger partial charge in [-0.1, -0.05) is 30.3 Å². The van der Waals surface area contributed by atoms with Crippen molar-refractivity contribution in [2.24, 2.45) is 4.99 Å². The van der Waals surface area contributed by atoms with Crippen LogP contribution in [0.25, 0.3) is 11.1 Å². The van der Waals surface area contributed by atoms with Crippen molar-refractivity contribution in [1.82, 2.24) is 20.2 Å². The van der Waals surface area contributed by atoms with E-state index < -0.39 is 0 Å². The molecule has 21 heavy (non-hydrogen) atoms. The van der Waals surface area contributed by atoms with Crippen LogP contribution in [0.2, 0.25) is 0 Å². The maximum absolute atomic E-state index is 4.47. The molecule has 1 aliphatic heterocycles. The first-order valence-corrected chi connectivity index (χ1v) is 7.19. The molecule has 0 radical (unpaired) electrons. The van der Waals surface area contributed by atoms with E-state index in [0.29, 0.717) is 6.54 Å². The lowest BCUT2D eigenvalue weighted by Gasteiger charge is -2.25. The maximum atomic E-state index is 4.47. The molecule has 1 aliphatic rings. The number of hydrogen-bond donors (Lipinski definition) is 1. The van der Waals surface area contributed by atoms with Crippen molar-refractivity contribution in [2.75, 3.05) is 20.1 Å². The Morgan fingerprint density at radius 2 is 1.86 bits per heavy atom. The highest BCUT2D eigenvalue weighted by Crippen LogP contribution is 2.16. The highest BCUT2D eigenvalue weighted by Gasteiger charge is 2.10. The van der Waals surface area contributed by atoms with Crippen LogP contribution >= 0.6 is 0 Å². The minimum Gasteiger partial charge on any atom is -0.349 e. The summed E-state index contributed by atoms with van der Waals surface area (Å²) in [6, 6.07) is 10.2. The normalized spacial score (nSPS) is 14.7. The molecule has 2 heterocycles. The number of aromatic nitrogens is 2. The molecule has 0 aliphatic carbocycles. The number of nitrogens with zero attached hydrogens (tertiary/aromatic N) is 4. The maximum Gasteiger partial charge on any atom is 0.194 e. The molecular formula is C16H19N5. The molecule has 0 unspecified atom stereocenters. The zero-order valence-corrected chi connectivity index (χ0v) is 12.2. The van der Waals surface area contributed by atoms with Crippen molar-refractivity contribution in [3.63, 3.8) is 0 Å². The Labute approximate surface area is 124 Å². The Kier molecular flexibility index (Phi) is 4.09. The van der Waals surface area contributed by atoms with Crippen LogP contribution in [0.3, 0.4) is 0 Å². The molecule has 3 rings (SSSR count). The zero-order chi connectivity index (χ0) is 14.5. The van der Waals surface area contributed by atoms with E-state index in [1.165, 1.54) is 0 Å². The number of guanidine groups is 1. The van der Waals surface area contributed by atoms with Gasteiger partial charge in [-0.3, -0.25) is 4.99 Å². The van der Waals surface area contributed by atoms with E-state index in [1.807, 2.05) is 37.6 Å². The molecule has 0 saturated heterocycles. The van der Waals surface area contributed by atoms with Crippen LogP contribution in [-0.4, -0.2) is 41.0 Å². The molecule has 1 aromatic carbocycles. The summed E-state index contributed by atoms with van der Waals surface area (Å²) in [6.07, 6.45) is 4.85. The highest BCUT2D eigenvalue weighted by atomic mass is 15.3. The third kappa shape index (κ3) is 3.37. The van der Waals surface area contributed by atoms with Crippen molar-refractivity contribution in [1.29, 1.82) is 0 Å². The fraction of sp³-hybridized carbons (Fsp3) is 0.312. The first-order valence-electron chi connectivity index (χ1n) is 7.19. The molecule has 5 heteroatoms.